The molecule has 1 aliphatic carbocycles. The summed E-state index contributed by atoms with van der Waals surface area (Å²) in [5.41, 5.74) is 5.30. The maximum Gasteiger partial charge on any atom is 0.326 e. The molecular weight excluding hydrogens is 808 g/mol. The van der Waals surface area contributed by atoms with E-state index in [1.807, 2.05) is 0 Å². The topological polar surface area (TPSA) is 373 Å². The quantitative estimate of drug-likeness (QED) is 0.0417. The highest BCUT2D eigenvalue weighted by Gasteiger charge is 2.40. The summed E-state index contributed by atoms with van der Waals surface area (Å²) in [7, 11) is 0. The summed E-state index contributed by atoms with van der Waals surface area (Å²) < 4.78 is 0. The van der Waals surface area contributed by atoms with Crippen molar-refractivity contribution >= 4 is 59.2 Å². The van der Waals surface area contributed by atoms with E-state index in [4.69, 9.17) is 10.8 Å². The molecule has 0 spiro atoms. The molecule has 23 nitrogen and oxygen atoms in total. The monoisotopic (exact) mass is 870 g/mol. The zero-order valence-corrected chi connectivity index (χ0v) is 34.7. The third-order valence-corrected chi connectivity index (χ3v) is 10.4. The van der Waals surface area contributed by atoms with Gasteiger partial charge in [0.05, 0.1) is 19.3 Å². The van der Waals surface area contributed by atoms with E-state index >= 15 is 0 Å². The number of carboxylic acids is 2. The molecule has 2 fully saturated rings. The van der Waals surface area contributed by atoms with Crippen LogP contribution in [-0.2, 0) is 47.9 Å². The van der Waals surface area contributed by atoms with Gasteiger partial charge in [-0.25, -0.2) is 4.79 Å². The number of aliphatic carboxylic acids is 2. The normalized spacial score (nSPS) is 19.6. The number of nitrogens with two attached hydrogens (primary N) is 1. The molecule has 13 N–H and O–H groups in total. The van der Waals surface area contributed by atoms with E-state index in [0.29, 0.717) is 25.7 Å². The van der Waals surface area contributed by atoms with Crippen LogP contribution in [0.1, 0.15) is 97.8 Å². The molecule has 61 heavy (non-hydrogen) atoms. The Bertz CT molecular complexity index is 1590. The van der Waals surface area contributed by atoms with Crippen molar-refractivity contribution in [3.8, 4) is 0 Å². The van der Waals surface area contributed by atoms with E-state index in [2.05, 4.69) is 31.9 Å². The minimum Gasteiger partial charge on any atom is -0.481 e. The van der Waals surface area contributed by atoms with Gasteiger partial charge >= 0.3 is 11.9 Å². The number of β-amino-alcohol motifs (C(OH)–C–C–N with tert-alkyl or cyclic N) is 1. The molecule has 1 saturated carbocycles. The van der Waals surface area contributed by atoms with Crippen molar-refractivity contribution in [2.75, 3.05) is 19.8 Å². The number of aliphatic hydroxyl groups is 3. The van der Waals surface area contributed by atoms with Gasteiger partial charge in [-0.1, -0.05) is 33.1 Å². The van der Waals surface area contributed by atoms with Gasteiger partial charge in [0.2, 0.25) is 47.3 Å². The first-order valence-electron chi connectivity index (χ1n) is 20.4. The standard InChI is InChI=1S/C38H62N8O15/c1-19(2)14-24(38(60)61)42-34(56)25(17-47)44-33(55)23(12-13-28(39)50)41-37(59)31(21-8-5-4-6-9-21)45-35(57)26(18-48)43-32(54)20(3)40-36(58)27-15-22(49)16-46(27)29(51)10-7-11-30(52)53/h19-27,31,47-49H,4-18H2,1-3H3,(H2,39,50)(H,40,58)(H,41,59)(H,42,56)(H,43,54)(H,44,55)(H,45,57)(H,52,53)(H,60,61)/t20-,22+,23-,24-,25-,26-,27-,31-/m0/s1. The van der Waals surface area contributed by atoms with Crippen LogP contribution in [0.2, 0.25) is 0 Å². The number of rotatable bonds is 25. The summed E-state index contributed by atoms with van der Waals surface area (Å²) in [5.74, 6) is -10.2. The summed E-state index contributed by atoms with van der Waals surface area (Å²) in [4.78, 5) is 128. The minimum absolute atomic E-state index is 0.00873. The van der Waals surface area contributed by atoms with Gasteiger partial charge in [-0.3, -0.25) is 43.2 Å². The van der Waals surface area contributed by atoms with Crippen molar-refractivity contribution in [3.63, 3.8) is 0 Å². The maximum absolute atomic E-state index is 13.9. The zero-order chi connectivity index (χ0) is 46.0. The van der Waals surface area contributed by atoms with Crippen molar-refractivity contribution < 1.29 is 73.5 Å². The van der Waals surface area contributed by atoms with Crippen molar-refractivity contribution in [2.45, 2.75) is 146 Å². The lowest BCUT2D eigenvalue weighted by Gasteiger charge is -2.32. The van der Waals surface area contributed by atoms with E-state index < -0.39 is 133 Å². The molecule has 8 amide bonds. The number of aliphatic hydroxyl groups excluding tert-OH is 3. The molecule has 1 saturated heterocycles. The molecule has 23 heteroatoms. The van der Waals surface area contributed by atoms with Crippen LogP contribution in [0.15, 0.2) is 0 Å². The van der Waals surface area contributed by atoms with Crippen molar-refractivity contribution in [1.82, 2.24) is 36.8 Å². The van der Waals surface area contributed by atoms with Gasteiger partial charge in [0.1, 0.15) is 42.3 Å². The number of carbonyl (C=O) groups excluding carboxylic acids is 8. The Morgan fingerprint density at radius 1 is 0.672 bits per heavy atom. The molecule has 0 unspecified atom stereocenters. The maximum atomic E-state index is 13.9. The van der Waals surface area contributed by atoms with Gasteiger partial charge in [-0.05, 0) is 50.9 Å². The SMILES string of the molecule is CC(C)C[C@H](NC(=O)[C@H](CO)NC(=O)[C@H](CCC(N)=O)NC(=O)[C@@H](NC(=O)[C@H](CO)NC(=O)[C@H](C)NC(=O)[C@@H]1C[C@@H](O)CN1C(=O)CCCC(=O)O)C1CCCCC1)C(=O)O. The Labute approximate surface area is 352 Å². The zero-order valence-electron chi connectivity index (χ0n) is 34.7. The van der Waals surface area contributed by atoms with Gasteiger partial charge < -0.3 is 68.1 Å². The van der Waals surface area contributed by atoms with E-state index in [0.717, 1.165) is 11.3 Å². The van der Waals surface area contributed by atoms with Crippen LogP contribution in [0.4, 0.5) is 0 Å². The predicted octanol–water partition coefficient (Wildman–Crippen LogP) is -3.91. The minimum atomic E-state index is -1.66. The van der Waals surface area contributed by atoms with Gasteiger partial charge in [-0.2, -0.15) is 0 Å². The van der Waals surface area contributed by atoms with Crippen LogP contribution < -0.4 is 37.6 Å². The van der Waals surface area contributed by atoms with Crippen molar-refractivity contribution in [2.24, 2.45) is 17.6 Å². The second kappa shape index (κ2) is 25.4. The smallest absolute Gasteiger partial charge is 0.326 e. The first-order chi connectivity index (χ1) is 28.7. The number of hydrogen-bond donors (Lipinski definition) is 12. The molecule has 0 radical (unpaired) electrons. The van der Waals surface area contributed by atoms with Crippen LogP contribution in [-0.4, -0.2) is 158 Å². The van der Waals surface area contributed by atoms with E-state index in [-0.39, 0.29) is 51.0 Å². The lowest BCUT2D eigenvalue weighted by atomic mass is 9.83. The fourth-order valence-corrected chi connectivity index (χ4v) is 7.11. The molecule has 8 atom stereocenters. The predicted molar refractivity (Wildman–Crippen MR) is 211 cm³/mol. The lowest BCUT2D eigenvalue weighted by molar-refractivity contribution is -0.143. The van der Waals surface area contributed by atoms with Gasteiger partial charge in [0.15, 0.2) is 0 Å². The summed E-state index contributed by atoms with van der Waals surface area (Å²) in [6.07, 6.45) is 0.703. The third-order valence-electron chi connectivity index (χ3n) is 10.4. The van der Waals surface area contributed by atoms with Crippen molar-refractivity contribution in [1.29, 1.82) is 0 Å². The molecule has 344 valence electrons. The fraction of sp³-hybridized carbons (Fsp3) is 0.737. The fourth-order valence-electron chi connectivity index (χ4n) is 7.11. The van der Waals surface area contributed by atoms with Crippen molar-refractivity contribution in [3.05, 3.63) is 0 Å². The largest absolute Gasteiger partial charge is 0.481 e. The number of hydrogen-bond acceptors (Lipinski definition) is 13. The molecule has 0 bridgehead atoms. The van der Waals surface area contributed by atoms with E-state index in [1.165, 1.54) is 6.92 Å². The lowest BCUT2D eigenvalue weighted by Crippen LogP contribution is -2.61. The number of nitrogens with zero attached hydrogens (tertiary/aromatic N) is 1. The van der Waals surface area contributed by atoms with Crippen LogP contribution >= 0.6 is 0 Å². The highest BCUT2D eigenvalue weighted by atomic mass is 16.4. The Balaban J connectivity index is 2.19. The van der Waals surface area contributed by atoms with Crippen LogP contribution in [0.5, 0.6) is 0 Å². The summed E-state index contributed by atoms with van der Waals surface area (Å²) in [6.45, 7) is 2.62. The second-order valence-electron chi connectivity index (χ2n) is 15.9. The van der Waals surface area contributed by atoms with Gasteiger partial charge in [0, 0.05) is 32.2 Å². The first kappa shape index (κ1) is 51.7. The molecule has 2 rings (SSSR count). The molecule has 1 aliphatic heterocycles. The Morgan fingerprint density at radius 3 is 1.75 bits per heavy atom. The Morgan fingerprint density at radius 2 is 1.21 bits per heavy atom. The average Bonchev–Trinajstić information content (AvgIpc) is 3.60. The van der Waals surface area contributed by atoms with Gasteiger partial charge in [0.25, 0.3) is 0 Å². The number of carboxylic acid groups (broad SMARTS) is 2. The molecule has 1 heterocycles. The number of carbonyl (C=O) groups is 10. The van der Waals surface area contributed by atoms with Gasteiger partial charge in [-0.15, -0.1) is 0 Å². The van der Waals surface area contributed by atoms with E-state index in [1.54, 1.807) is 13.8 Å². The average molecular weight is 871 g/mol. The van der Waals surface area contributed by atoms with Crippen LogP contribution in [0, 0.1) is 11.8 Å². The molecule has 0 aromatic carbocycles. The first-order valence-corrected chi connectivity index (χ1v) is 20.4. The number of likely N-dealkylation sites (tertiary alicyclic amines) is 1. The van der Waals surface area contributed by atoms with Crippen LogP contribution in [0.3, 0.4) is 0 Å². The Hall–Kier alpha value is -5.42. The summed E-state index contributed by atoms with van der Waals surface area (Å²) >= 11 is 0. The number of primary amides is 1. The van der Waals surface area contributed by atoms with E-state index in [9.17, 15) is 68.4 Å². The summed E-state index contributed by atoms with van der Waals surface area (Å²) in [5, 5.41) is 62.9. The highest BCUT2D eigenvalue weighted by molar-refractivity contribution is 5.97. The number of nitrogens with one attached hydrogen (secondary N) is 6. The second-order valence-corrected chi connectivity index (χ2v) is 15.9. The molecular formula is C38H62N8O15. The summed E-state index contributed by atoms with van der Waals surface area (Å²) in [6, 6.07) is -10.1. The molecule has 2 aliphatic rings. The van der Waals surface area contributed by atoms with Crippen LogP contribution in [0.25, 0.3) is 0 Å². The third kappa shape index (κ3) is 17.2. The highest BCUT2D eigenvalue weighted by Crippen LogP contribution is 2.27. The molecule has 0 aromatic rings. The number of amides is 8. The Kier molecular flexibility index (Phi) is 21.5. The molecule has 0 aromatic heterocycles.